The summed E-state index contributed by atoms with van der Waals surface area (Å²) in [4.78, 5) is 10.7. The van der Waals surface area contributed by atoms with Gasteiger partial charge in [0.15, 0.2) is 0 Å². The molecule has 1 aromatic rings. The van der Waals surface area contributed by atoms with Crippen molar-refractivity contribution in [2.24, 2.45) is 5.73 Å². The van der Waals surface area contributed by atoms with Gasteiger partial charge in [-0.15, -0.1) is 0 Å². The van der Waals surface area contributed by atoms with Crippen LogP contribution in [0.15, 0.2) is 24.3 Å². The molecule has 0 bridgehead atoms. The van der Waals surface area contributed by atoms with E-state index in [0.29, 0.717) is 5.56 Å². The van der Waals surface area contributed by atoms with E-state index >= 15 is 0 Å². The van der Waals surface area contributed by atoms with Gasteiger partial charge in [0, 0.05) is 12.1 Å². The molecule has 0 aliphatic heterocycles. The molecule has 0 saturated heterocycles. The summed E-state index contributed by atoms with van der Waals surface area (Å²) in [6.45, 7) is 0.108. The van der Waals surface area contributed by atoms with Gasteiger partial charge in [-0.2, -0.15) is 0 Å². The van der Waals surface area contributed by atoms with Crippen LogP contribution in [0, 0.1) is 5.82 Å². The van der Waals surface area contributed by atoms with Crippen LogP contribution < -0.4 is 11.1 Å². The number of halogens is 1. The summed E-state index contributed by atoms with van der Waals surface area (Å²) in [5.74, 6) is -0.608. The van der Waals surface area contributed by atoms with Gasteiger partial charge in [0.25, 0.3) is 0 Å². The Balaban J connectivity index is 2.54. The first kappa shape index (κ1) is 9.67. The Bertz CT molecular complexity index is 301. The maximum absolute atomic E-state index is 13.0. The molecule has 70 valence electrons. The molecule has 0 unspecified atom stereocenters. The maximum atomic E-state index is 13.0. The molecule has 0 spiro atoms. The van der Waals surface area contributed by atoms with Crippen LogP contribution in [0.3, 0.4) is 0 Å². The molecule has 0 fully saturated rings. The molecule has 1 aromatic carbocycles. The second kappa shape index (κ2) is 4.57. The smallest absolute Gasteiger partial charge is 0.234 e. The van der Waals surface area contributed by atoms with Gasteiger partial charge >= 0.3 is 0 Å². The van der Waals surface area contributed by atoms with Crippen LogP contribution in [0.25, 0.3) is 0 Å². The summed E-state index contributed by atoms with van der Waals surface area (Å²) in [7, 11) is 0. The molecule has 3 N–H and O–H groups in total. The highest BCUT2D eigenvalue weighted by molar-refractivity contribution is 5.77. The fraction of sp³-hybridized carbons (Fsp3) is 0.222. The van der Waals surface area contributed by atoms with Crippen molar-refractivity contribution in [1.82, 2.24) is 5.32 Å². The summed E-state index contributed by atoms with van der Waals surface area (Å²) in [5, 5.41) is 2.49. The van der Waals surface area contributed by atoms with Gasteiger partial charge in [0.2, 0.25) is 5.91 Å². The SMILES string of the molecule is NCC(=O)NCc1ccccc1F. The molecule has 0 saturated carbocycles. The molecular weight excluding hydrogens is 171 g/mol. The van der Waals surface area contributed by atoms with E-state index in [4.69, 9.17) is 5.73 Å². The Hall–Kier alpha value is -1.42. The lowest BCUT2D eigenvalue weighted by Gasteiger charge is -2.03. The van der Waals surface area contributed by atoms with Crippen molar-refractivity contribution >= 4 is 5.91 Å². The number of rotatable bonds is 3. The molecule has 3 nitrogen and oxygen atoms in total. The molecule has 0 aliphatic rings. The molecule has 0 radical (unpaired) electrons. The third kappa shape index (κ3) is 2.83. The first-order chi connectivity index (χ1) is 6.24. The monoisotopic (exact) mass is 182 g/mol. The third-order valence-corrected chi connectivity index (χ3v) is 1.62. The second-order valence-corrected chi connectivity index (χ2v) is 2.57. The first-order valence-corrected chi connectivity index (χ1v) is 3.94. The normalized spacial score (nSPS) is 9.69. The zero-order valence-corrected chi connectivity index (χ0v) is 7.09. The summed E-state index contributed by atoms with van der Waals surface area (Å²) in [6, 6.07) is 6.28. The van der Waals surface area contributed by atoms with Crippen LogP contribution >= 0.6 is 0 Å². The van der Waals surface area contributed by atoms with Gasteiger partial charge in [-0.05, 0) is 6.07 Å². The van der Waals surface area contributed by atoms with Gasteiger partial charge in [-0.25, -0.2) is 4.39 Å². The zero-order chi connectivity index (χ0) is 9.68. The maximum Gasteiger partial charge on any atom is 0.234 e. The summed E-state index contributed by atoms with van der Waals surface area (Å²) < 4.78 is 13.0. The number of benzene rings is 1. The Morgan fingerprint density at radius 2 is 2.15 bits per heavy atom. The number of nitrogens with one attached hydrogen (secondary N) is 1. The van der Waals surface area contributed by atoms with Crippen LogP contribution in [0.1, 0.15) is 5.56 Å². The summed E-state index contributed by atoms with van der Waals surface area (Å²) in [5.41, 5.74) is 5.53. The summed E-state index contributed by atoms with van der Waals surface area (Å²) in [6.07, 6.45) is 0. The predicted molar refractivity (Wildman–Crippen MR) is 47.3 cm³/mol. The van der Waals surface area contributed by atoms with Crippen molar-refractivity contribution in [3.63, 3.8) is 0 Å². The van der Waals surface area contributed by atoms with E-state index in [9.17, 15) is 9.18 Å². The lowest BCUT2D eigenvalue weighted by molar-refractivity contribution is -0.119. The molecule has 0 heterocycles. The van der Waals surface area contributed by atoms with Gasteiger partial charge in [-0.1, -0.05) is 18.2 Å². The Morgan fingerprint density at radius 3 is 2.77 bits per heavy atom. The zero-order valence-electron chi connectivity index (χ0n) is 7.09. The second-order valence-electron chi connectivity index (χ2n) is 2.57. The average molecular weight is 182 g/mol. The topological polar surface area (TPSA) is 55.1 Å². The van der Waals surface area contributed by atoms with Crippen molar-refractivity contribution in [3.05, 3.63) is 35.6 Å². The number of hydrogen-bond donors (Lipinski definition) is 2. The van der Waals surface area contributed by atoms with E-state index in [1.165, 1.54) is 6.07 Å². The van der Waals surface area contributed by atoms with Crippen molar-refractivity contribution in [1.29, 1.82) is 0 Å². The van der Waals surface area contributed by atoms with E-state index in [2.05, 4.69) is 5.32 Å². The third-order valence-electron chi connectivity index (χ3n) is 1.62. The Kier molecular flexibility index (Phi) is 3.40. The fourth-order valence-electron chi connectivity index (χ4n) is 0.908. The van der Waals surface area contributed by atoms with E-state index in [1.807, 2.05) is 0 Å². The van der Waals surface area contributed by atoms with E-state index in [0.717, 1.165) is 0 Å². The van der Waals surface area contributed by atoms with E-state index < -0.39 is 0 Å². The molecule has 0 aromatic heterocycles. The fourth-order valence-corrected chi connectivity index (χ4v) is 0.908. The minimum Gasteiger partial charge on any atom is -0.351 e. The number of nitrogens with two attached hydrogens (primary N) is 1. The molecule has 0 aliphatic carbocycles. The quantitative estimate of drug-likeness (QED) is 0.711. The molecule has 13 heavy (non-hydrogen) atoms. The number of hydrogen-bond acceptors (Lipinski definition) is 2. The van der Waals surface area contributed by atoms with Gasteiger partial charge in [0.05, 0.1) is 6.54 Å². The number of amides is 1. The highest BCUT2D eigenvalue weighted by Crippen LogP contribution is 2.04. The van der Waals surface area contributed by atoms with Gasteiger partial charge in [-0.3, -0.25) is 4.79 Å². The Morgan fingerprint density at radius 1 is 1.46 bits per heavy atom. The standard InChI is InChI=1S/C9H11FN2O/c10-8-4-2-1-3-7(8)6-12-9(13)5-11/h1-4H,5-6,11H2,(H,12,13). The first-order valence-electron chi connectivity index (χ1n) is 3.94. The minimum absolute atomic E-state index is 0.0749. The van der Waals surface area contributed by atoms with Crippen molar-refractivity contribution in [3.8, 4) is 0 Å². The van der Waals surface area contributed by atoms with Crippen LogP contribution in [-0.4, -0.2) is 12.5 Å². The van der Waals surface area contributed by atoms with Gasteiger partial charge < -0.3 is 11.1 Å². The lowest BCUT2D eigenvalue weighted by atomic mass is 10.2. The highest BCUT2D eigenvalue weighted by Gasteiger charge is 2.01. The van der Waals surface area contributed by atoms with Crippen LogP contribution in [0.4, 0.5) is 4.39 Å². The largest absolute Gasteiger partial charge is 0.351 e. The predicted octanol–water partition coefficient (Wildman–Crippen LogP) is 0.401. The molecule has 0 atom stereocenters. The van der Waals surface area contributed by atoms with Crippen molar-refractivity contribution in [2.45, 2.75) is 6.54 Å². The molecule has 1 amide bonds. The van der Waals surface area contributed by atoms with Gasteiger partial charge in [0.1, 0.15) is 5.82 Å². The average Bonchev–Trinajstić information content (AvgIpc) is 2.16. The van der Waals surface area contributed by atoms with E-state index in [1.54, 1.807) is 18.2 Å². The lowest BCUT2D eigenvalue weighted by Crippen LogP contribution is -2.29. The number of carbonyl (C=O) groups is 1. The van der Waals surface area contributed by atoms with Crippen molar-refractivity contribution < 1.29 is 9.18 Å². The molecular formula is C9H11FN2O. The highest BCUT2D eigenvalue weighted by atomic mass is 19.1. The molecule has 4 heteroatoms. The van der Waals surface area contributed by atoms with E-state index in [-0.39, 0.29) is 24.8 Å². The Labute approximate surface area is 75.7 Å². The number of carbonyl (C=O) groups excluding carboxylic acids is 1. The minimum atomic E-state index is -0.320. The van der Waals surface area contributed by atoms with Crippen LogP contribution in [0.2, 0.25) is 0 Å². The molecule has 1 rings (SSSR count). The van der Waals surface area contributed by atoms with Crippen LogP contribution in [-0.2, 0) is 11.3 Å². The van der Waals surface area contributed by atoms with Crippen molar-refractivity contribution in [2.75, 3.05) is 6.54 Å². The summed E-state index contributed by atoms with van der Waals surface area (Å²) >= 11 is 0. The van der Waals surface area contributed by atoms with Crippen LogP contribution in [0.5, 0.6) is 0 Å².